The Morgan fingerprint density at radius 2 is 2.09 bits per heavy atom. The number of carbonyl (C=O) groups excluding carboxylic acids is 3. The standard InChI is InChI=1S/C14H13FN2O5/c1-7-8-3-2-4-9(15)13(8)22-12(7)14(20)21-6-11(19)17-5-10(16)18/h2-4H,5-6H2,1H3,(H2,16,18)(H,17,19). The molecular formula is C14H13FN2O5. The highest BCUT2D eigenvalue weighted by Crippen LogP contribution is 2.27. The maximum atomic E-state index is 13.6. The van der Waals surface area contributed by atoms with Gasteiger partial charge < -0.3 is 20.2 Å². The lowest BCUT2D eigenvalue weighted by molar-refractivity contribution is -0.127. The van der Waals surface area contributed by atoms with E-state index >= 15 is 0 Å². The van der Waals surface area contributed by atoms with Crippen LogP contribution in [0, 0.1) is 12.7 Å². The summed E-state index contributed by atoms with van der Waals surface area (Å²) in [5.74, 6) is -3.08. The van der Waals surface area contributed by atoms with Crippen LogP contribution >= 0.6 is 0 Å². The number of rotatable bonds is 5. The van der Waals surface area contributed by atoms with Gasteiger partial charge in [-0.3, -0.25) is 9.59 Å². The Bertz CT molecular complexity index is 753. The van der Waals surface area contributed by atoms with E-state index in [4.69, 9.17) is 14.9 Å². The van der Waals surface area contributed by atoms with Crippen LogP contribution in [0.15, 0.2) is 22.6 Å². The zero-order valence-electron chi connectivity index (χ0n) is 11.6. The number of hydrogen-bond acceptors (Lipinski definition) is 5. The fourth-order valence-electron chi connectivity index (χ4n) is 1.84. The molecule has 2 aromatic rings. The number of carbonyl (C=O) groups is 3. The van der Waals surface area contributed by atoms with E-state index in [1.807, 2.05) is 0 Å². The average Bonchev–Trinajstić information content (AvgIpc) is 2.81. The average molecular weight is 308 g/mol. The van der Waals surface area contributed by atoms with E-state index < -0.39 is 30.2 Å². The van der Waals surface area contributed by atoms with Crippen molar-refractivity contribution in [1.29, 1.82) is 0 Å². The van der Waals surface area contributed by atoms with E-state index in [1.165, 1.54) is 12.1 Å². The van der Waals surface area contributed by atoms with Gasteiger partial charge in [0.25, 0.3) is 5.91 Å². The highest BCUT2D eigenvalue weighted by molar-refractivity contribution is 5.97. The summed E-state index contributed by atoms with van der Waals surface area (Å²) in [6, 6.07) is 4.30. The Labute approximate surface area is 124 Å². The van der Waals surface area contributed by atoms with Crippen LogP contribution in [0.1, 0.15) is 16.1 Å². The van der Waals surface area contributed by atoms with Gasteiger partial charge in [-0.05, 0) is 13.0 Å². The molecule has 0 aliphatic heterocycles. The number of halogens is 1. The number of nitrogens with one attached hydrogen (secondary N) is 1. The second-order valence-corrected chi connectivity index (χ2v) is 4.49. The Kier molecular flexibility index (Phi) is 4.40. The number of benzene rings is 1. The first-order chi connectivity index (χ1) is 10.4. The van der Waals surface area contributed by atoms with Crippen molar-refractivity contribution in [2.75, 3.05) is 13.2 Å². The van der Waals surface area contributed by atoms with Crippen LogP contribution in [0.3, 0.4) is 0 Å². The molecule has 3 N–H and O–H groups in total. The number of esters is 1. The van der Waals surface area contributed by atoms with E-state index in [2.05, 4.69) is 5.32 Å². The van der Waals surface area contributed by atoms with Crippen LogP contribution in [-0.4, -0.2) is 30.9 Å². The van der Waals surface area contributed by atoms with Gasteiger partial charge >= 0.3 is 5.97 Å². The Morgan fingerprint density at radius 3 is 2.73 bits per heavy atom. The smallest absolute Gasteiger partial charge is 0.375 e. The molecule has 0 radical (unpaired) electrons. The Balaban J connectivity index is 2.07. The monoisotopic (exact) mass is 308 g/mol. The predicted octanol–water partition coefficient (Wildman–Crippen LogP) is 0.639. The Hall–Kier alpha value is -2.90. The first-order valence-electron chi connectivity index (χ1n) is 6.30. The largest absolute Gasteiger partial charge is 0.450 e. The minimum Gasteiger partial charge on any atom is -0.450 e. The third-order valence-electron chi connectivity index (χ3n) is 2.90. The molecule has 7 nitrogen and oxygen atoms in total. The molecule has 1 heterocycles. The lowest BCUT2D eigenvalue weighted by atomic mass is 10.1. The maximum absolute atomic E-state index is 13.6. The second-order valence-electron chi connectivity index (χ2n) is 4.49. The zero-order valence-corrected chi connectivity index (χ0v) is 11.6. The first-order valence-corrected chi connectivity index (χ1v) is 6.30. The molecule has 22 heavy (non-hydrogen) atoms. The van der Waals surface area contributed by atoms with Crippen molar-refractivity contribution in [3.05, 3.63) is 35.3 Å². The van der Waals surface area contributed by atoms with Crippen molar-refractivity contribution in [3.8, 4) is 0 Å². The molecule has 1 aromatic carbocycles. The van der Waals surface area contributed by atoms with Crippen LogP contribution in [0.2, 0.25) is 0 Å². The van der Waals surface area contributed by atoms with Crippen LogP contribution in [0.25, 0.3) is 11.0 Å². The number of para-hydroxylation sites is 1. The highest BCUT2D eigenvalue weighted by atomic mass is 19.1. The molecular weight excluding hydrogens is 295 g/mol. The molecule has 0 unspecified atom stereocenters. The maximum Gasteiger partial charge on any atom is 0.375 e. The van der Waals surface area contributed by atoms with Gasteiger partial charge in [0.05, 0.1) is 6.54 Å². The molecule has 116 valence electrons. The summed E-state index contributed by atoms with van der Waals surface area (Å²) in [5.41, 5.74) is 5.22. The van der Waals surface area contributed by atoms with E-state index in [1.54, 1.807) is 13.0 Å². The zero-order chi connectivity index (χ0) is 16.3. The molecule has 2 amide bonds. The van der Waals surface area contributed by atoms with Gasteiger partial charge in [0.2, 0.25) is 11.7 Å². The fraction of sp³-hybridized carbons (Fsp3) is 0.214. The predicted molar refractivity (Wildman–Crippen MR) is 73.4 cm³/mol. The van der Waals surface area contributed by atoms with Gasteiger partial charge in [-0.2, -0.15) is 0 Å². The molecule has 0 aliphatic rings. The minimum absolute atomic E-state index is 0.0508. The number of primary amides is 1. The molecule has 2 rings (SSSR count). The molecule has 0 spiro atoms. The van der Waals surface area contributed by atoms with Crippen LogP contribution in [0.5, 0.6) is 0 Å². The van der Waals surface area contributed by atoms with Gasteiger partial charge in [-0.15, -0.1) is 0 Å². The molecule has 1 aromatic heterocycles. The van der Waals surface area contributed by atoms with Gasteiger partial charge in [-0.25, -0.2) is 9.18 Å². The Morgan fingerprint density at radius 1 is 1.36 bits per heavy atom. The molecule has 0 saturated carbocycles. The summed E-state index contributed by atoms with van der Waals surface area (Å²) in [4.78, 5) is 33.7. The van der Waals surface area contributed by atoms with Crippen molar-refractivity contribution in [2.45, 2.75) is 6.92 Å². The number of amides is 2. The fourth-order valence-corrected chi connectivity index (χ4v) is 1.84. The summed E-state index contributed by atoms with van der Waals surface area (Å²) in [5, 5.41) is 2.61. The molecule has 0 fully saturated rings. The van der Waals surface area contributed by atoms with Gasteiger partial charge in [-0.1, -0.05) is 12.1 Å². The number of hydrogen-bond donors (Lipinski definition) is 2. The number of aryl methyl sites for hydroxylation is 1. The lowest BCUT2D eigenvalue weighted by Crippen LogP contribution is -2.36. The molecule has 8 heteroatoms. The van der Waals surface area contributed by atoms with Crippen molar-refractivity contribution in [2.24, 2.45) is 5.73 Å². The van der Waals surface area contributed by atoms with Gasteiger partial charge in [0, 0.05) is 10.9 Å². The van der Waals surface area contributed by atoms with E-state index in [0.29, 0.717) is 10.9 Å². The SMILES string of the molecule is Cc1c(C(=O)OCC(=O)NCC(N)=O)oc2c(F)cccc12. The second kappa shape index (κ2) is 6.25. The minimum atomic E-state index is -0.901. The van der Waals surface area contributed by atoms with Crippen molar-refractivity contribution >= 4 is 28.8 Å². The van der Waals surface area contributed by atoms with Crippen LogP contribution in [-0.2, 0) is 14.3 Å². The molecule has 0 bridgehead atoms. The van der Waals surface area contributed by atoms with E-state index in [0.717, 1.165) is 0 Å². The quantitative estimate of drug-likeness (QED) is 0.787. The molecule has 0 saturated heterocycles. The van der Waals surface area contributed by atoms with Crippen LogP contribution < -0.4 is 11.1 Å². The third kappa shape index (κ3) is 3.22. The van der Waals surface area contributed by atoms with Crippen molar-refractivity contribution in [1.82, 2.24) is 5.32 Å². The van der Waals surface area contributed by atoms with Gasteiger partial charge in [0.1, 0.15) is 0 Å². The highest BCUT2D eigenvalue weighted by Gasteiger charge is 2.21. The van der Waals surface area contributed by atoms with E-state index in [9.17, 15) is 18.8 Å². The summed E-state index contributed by atoms with van der Waals surface area (Å²) in [7, 11) is 0. The van der Waals surface area contributed by atoms with Crippen molar-refractivity contribution < 1.29 is 27.9 Å². The summed E-state index contributed by atoms with van der Waals surface area (Å²) in [6.07, 6.45) is 0. The summed E-state index contributed by atoms with van der Waals surface area (Å²) in [6.45, 7) is 0.616. The molecule has 0 aliphatic carbocycles. The van der Waals surface area contributed by atoms with Gasteiger partial charge in [0.15, 0.2) is 18.0 Å². The van der Waals surface area contributed by atoms with Crippen molar-refractivity contribution in [3.63, 3.8) is 0 Å². The normalized spacial score (nSPS) is 10.5. The lowest BCUT2D eigenvalue weighted by Gasteiger charge is -2.04. The number of fused-ring (bicyclic) bond motifs is 1. The number of furan rings is 1. The van der Waals surface area contributed by atoms with Crippen LogP contribution in [0.4, 0.5) is 4.39 Å². The number of nitrogens with two attached hydrogens (primary N) is 1. The van der Waals surface area contributed by atoms with E-state index in [-0.39, 0.29) is 17.9 Å². The summed E-state index contributed by atoms with van der Waals surface area (Å²) < 4.78 is 23.5. The first kappa shape index (κ1) is 15.5. The summed E-state index contributed by atoms with van der Waals surface area (Å²) >= 11 is 0. The topological polar surface area (TPSA) is 112 Å². The molecule has 0 atom stereocenters. The number of ether oxygens (including phenoxy) is 1. The third-order valence-corrected chi connectivity index (χ3v) is 2.90.